The van der Waals surface area contributed by atoms with Crippen LogP contribution in [0.5, 0.6) is 0 Å². The van der Waals surface area contributed by atoms with Crippen LogP contribution in [-0.2, 0) is 9.59 Å². The van der Waals surface area contributed by atoms with Gasteiger partial charge in [-0.15, -0.1) is 11.3 Å². The van der Waals surface area contributed by atoms with Crippen LogP contribution in [0.1, 0.15) is 42.6 Å². The maximum absolute atomic E-state index is 12.7. The molecule has 2 fully saturated rings. The molecule has 3 unspecified atom stereocenters. The Morgan fingerprint density at radius 2 is 2.15 bits per heavy atom. The van der Waals surface area contributed by atoms with Crippen molar-refractivity contribution in [2.24, 2.45) is 0 Å². The third-order valence-electron chi connectivity index (χ3n) is 4.26. The average molecular weight is 293 g/mol. The van der Waals surface area contributed by atoms with Gasteiger partial charge in [0.25, 0.3) is 0 Å². The van der Waals surface area contributed by atoms with Crippen LogP contribution in [0.25, 0.3) is 0 Å². The Kier molecular flexibility index (Phi) is 3.28. The summed E-state index contributed by atoms with van der Waals surface area (Å²) in [7, 11) is 0. The summed E-state index contributed by atoms with van der Waals surface area (Å²) in [6, 6.07) is -0.777. The number of piperazine rings is 1. The van der Waals surface area contributed by atoms with Crippen LogP contribution in [0.15, 0.2) is 6.20 Å². The van der Waals surface area contributed by atoms with E-state index in [1.165, 1.54) is 0 Å². The quantitative estimate of drug-likeness (QED) is 0.834. The van der Waals surface area contributed by atoms with E-state index in [1.807, 2.05) is 27.0 Å². The number of aromatic nitrogens is 1. The van der Waals surface area contributed by atoms with Crippen LogP contribution in [0, 0.1) is 6.92 Å². The van der Waals surface area contributed by atoms with Crippen molar-refractivity contribution >= 4 is 23.2 Å². The lowest BCUT2D eigenvalue weighted by molar-refractivity contribution is -0.161. The van der Waals surface area contributed by atoms with E-state index >= 15 is 0 Å². The van der Waals surface area contributed by atoms with Gasteiger partial charge < -0.3 is 9.80 Å². The van der Waals surface area contributed by atoms with Crippen LogP contribution in [0.2, 0.25) is 0 Å². The summed E-state index contributed by atoms with van der Waals surface area (Å²) in [6.45, 7) is 6.51. The molecule has 5 nitrogen and oxygen atoms in total. The summed E-state index contributed by atoms with van der Waals surface area (Å²) in [5.41, 5.74) is 0. The highest BCUT2D eigenvalue weighted by Gasteiger charge is 2.47. The van der Waals surface area contributed by atoms with E-state index in [0.29, 0.717) is 0 Å². The number of hydrogen-bond donors (Lipinski definition) is 0. The number of carbonyl (C=O) groups excluding carboxylic acids is 2. The van der Waals surface area contributed by atoms with Crippen LogP contribution in [0.3, 0.4) is 0 Å². The van der Waals surface area contributed by atoms with Crippen LogP contribution in [0.4, 0.5) is 0 Å². The molecule has 1 aromatic heterocycles. The van der Waals surface area contributed by atoms with Gasteiger partial charge in [-0.2, -0.15) is 0 Å². The molecule has 0 aliphatic carbocycles. The SMILES string of the molecule is Cc1cnc(C(C)N2C(=O)C3CCCN3C(=O)C2C)s1. The summed E-state index contributed by atoms with van der Waals surface area (Å²) < 4.78 is 0. The second-order valence-corrected chi connectivity index (χ2v) is 6.86. The van der Waals surface area contributed by atoms with Gasteiger partial charge in [-0.05, 0) is 33.6 Å². The molecule has 3 rings (SSSR count). The zero-order chi connectivity index (χ0) is 14.4. The molecule has 2 aliphatic heterocycles. The summed E-state index contributed by atoms with van der Waals surface area (Å²) in [5.74, 6) is 0.155. The lowest BCUT2D eigenvalue weighted by Crippen LogP contribution is -2.62. The van der Waals surface area contributed by atoms with Gasteiger partial charge in [-0.1, -0.05) is 0 Å². The lowest BCUT2D eigenvalue weighted by atomic mass is 10.0. The number of thiazole rings is 1. The van der Waals surface area contributed by atoms with Crippen molar-refractivity contribution in [2.45, 2.75) is 51.7 Å². The van der Waals surface area contributed by atoms with Crippen molar-refractivity contribution in [1.82, 2.24) is 14.8 Å². The first kappa shape index (κ1) is 13.5. The molecule has 2 amide bonds. The molecule has 2 saturated heterocycles. The molecule has 2 aliphatic rings. The number of amides is 2. The maximum Gasteiger partial charge on any atom is 0.246 e. The Morgan fingerprint density at radius 1 is 1.40 bits per heavy atom. The second-order valence-electron chi connectivity index (χ2n) is 5.60. The van der Waals surface area contributed by atoms with Crippen LogP contribution >= 0.6 is 11.3 Å². The third-order valence-corrected chi connectivity index (χ3v) is 5.35. The molecular formula is C14H19N3O2S. The van der Waals surface area contributed by atoms with E-state index < -0.39 is 6.04 Å². The number of nitrogens with zero attached hydrogens (tertiary/aromatic N) is 3. The number of carbonyl (C=O) groups is 2. The van der Waals surface area contributed by atoms with Crippen molar-refractivity contribution in [3.8, 4) is 0 Å². The molecule has 108 valence electrons. The molecule has 0 radical (unpaired) electrons. The normalized spacial score (nSPS) is 27.9. The zero-order valence-corrected chi connectivity index (χ0v) is 12.8. The smallest absolute Gasteiger partial charge is 0.246 e. The van der Waals surface area contributed by atoms with E-state index in [1.54, 1.807) is 21.1 Å². The monoisotopic (exact) mass is 293 g/mol. The van der Waals surface area contributed by atoms with Crippen LogP contribution < -0.4 is 0 Å². The molecule has 0 aromatic carbocycles. The minimum atomic E-state index is -0.393. The highest BCUT2D eigenvalue weighted by molar-refractivity contribution is 7.11. The van der Waals surface area contributed by atoms with Gasteiger partial charge in [-0.3, -0.25) is 9.59 Å². The number of hydrogen-bond acceptors (Lipinski definition) is 4. The summed E-state index contributed by atoms with van der Waals surface area (Å²) in [5, 5.41) is 0.905. The van der Waals surface area contributed by atoms with E-state index in [2.05, 4.69) is 4.98 Å². The predicted octanol–water partition coefficient (Wildman–Crippen LogP) is 1.73. The predicted molar refractivity (Wildman–Crippen MR) is 76.3 cm³/mol. The Balaban J connectivity index is 1.91. The second kappa shape index (κ2) is 4.84. The molecule has 0 bridgehead atoms. The molecule has 1 aromatic rings. The third kappa shape index (κ3) is 1.93. The molecule has 0 N–H and O–H groups in total. The Bertz CT molecular complexity index is 556. The molecule has 0 saturated carbocycles. The fourth-order valence-corrected chi connectivity index (χ4v) is 4.04. The molecule has 3 atom stereocenters. The van der Waals surface area contributed by atoms with Crippen molar-refractivity contribution < 1.29 is 9.59 Å². The topological polar surface area (TPSA) is 53.5 Å². The van der Waals surface area contributed by atoms with Gasteiger partial charge in [0.1, 0.15) is 17.1 Å². The van der Waals surface area contributed by atoms with Gasteiger partial charge in [0.2, 0.25) is 11.8 Å². The first-order valence-corrected chi connectivity index (χ1v) is 7.87. The molecule has 20 heavy (non-hydrogen) atoms. The first-order chi connectivity index (χ1) is 9.50. The van der Waals surface area contributed by atoms with Crippen molar-refractivity contribution in [2.75, 3.05) is 6.54 Å². The maximum atomic E-state index is 12.7. The minimum Gasteiger partial charge on any atom is -0.329 e. The van der Waals surface area contributed by atoms with Gasteiger partial charge >= 0.3 is 0 Å². The first-order valence-electron chi connectivity index (χ1n) is 7.05. The molecule has 6 heteroatoms. The highest BCUT2D eigenvalue weighted by Crippen LogP contribution is 2.33. The standard InChI is InChI=1S/C14H19N3O2S/c1-8-7-15-12(20-8)9(2)17-10(3)13(18)16-6-4-5-11(16)14(17)19/h7,9-11H,4-6H2,1-3H3. The lowest BCUT2D eigenvalue weighted by Gasteiger charge is -2.43. The zero-order valence-electron chi connectivity index (χ0n) is 12.0. The minimum absolute atomic E-state index is 0.0761. The molecule has 0 spiro atoms. The highest BCUT2D eigenvalue weighted by atomic mass is 32.1. The summed E-state index contributed by atoms with van der Waals surface area (Å²) >= 11 is 1.59. The fourth-order valence-electron chi connectivity index (χ4n) is 3.22. The summed E-state index contributed by atoms with van der Waals surface area (Å²) in [4.78, 5) is 34.1. The fraction of sp³-hybridized carbons (Fsp3) is 0.643. The largest absolute Gasteiger partial charge is 0.329 e. The number of rotatable bonds is 2. The molecule has 3 heterocycles. The van der Waals surface area contributed by atoms with E-state index in [9.17, 15) is 9.59 Å². The van der Waals surface area contributed by atoms with Crippen LogP contribution in [-0.4, -0.2) is 45.2 Å². The van der Waals surface area contributed by atoms with Crippen molar-refractivity contribution in [3.05, 3.63) is 16.1 Å². The summed E-state index contributed by atoms with van der Waals surface area (Å²) in [6.07, 6.45) is 3.53. The van der Waals surface area contributed by atoms with Crippen molar-refractivity contribution in [3.63, 3.8) is 0 Å². The molecular weight excluding hydrogens is 274 g/mol. The van der Waals surface area contributed by atoms with E-state index in [0.717, 1.165) is 29.3 Å². The van der Waals surface area contributed by atoms with Gasteiger partial charge in [0.15, 0.2) is 0 Å². The van der Waals surface area contributed by atoms with Gasteiger partial charge in [0.05, 0.1) is 6.04 Å². The average Bonchev–Trinajstić information content (AvgIpc) is 3.05. The van der Waals surface area contributed by atoms with E-state index in [-0.39, 0.29) is 23.9 Å². The van der Waals surface area contributed by atoms with Gasteiger partial charge in [0, 0.05) is 17.6 Å². The van der Waals surface area contributed by atoms with E-state index in [4.69, 9.17) is 0 Å². The Labute approximate surface area is 122 Å². The number of fused-ring (bicyclic) bond motifs is 1. The van der Waals surface area contributed by atoms with Crippen molar-refractivity contribution in [1.29, 1.82) is 0 Å². The van der Waals surface area contributed by atoms with Gasteiger partial charge in [-0.25, -0.2) is 4.98 Å². The Hall–Kier alpha value is -1.43. The Morgan fingerprint density at radius 3 is 2.80 bits per heavy atom. The number of aryl methyl sites for hydroxylation is 1.